The van der Waals surface area contributed by atoms with Crippen LogP contribution in [-0.2, 0) is 0 Å². The smallest absolute Gasteiger partial charge is 0.192 e. The SMILES string of the molecule is C#CCNC(=NCC(O)C1CCCCC1)NCC. The number of rotatable bonds is 5. The molecule has 4 nitrogen and oxygen atoms in total. The summed E-state index contributed by atoms with van der Waals surface area (Å²) in [5.74, 6) is 3.61. The monoisotopic (exact) mass is 251 g/mol. The van der Waals surface area contributed by atoms with Crippen molar-refractivity contribution in [2.24, 2.45) is 10.9 Å². The van der Waals surface area contributed by atoms with E-state index in [1.54, 1.807) is 0 Å². The highest BCUT2D eigenvalue weighted by Gasteiger charge is 2.21. The van der Waals surface area contributed by atoms with E-state index in [4.69, 9.17) is 6.42 Å². The van der Waals surface area contributed by atoms with Crippen molar-refractivity contribution in [3.63, 3.8) is 0 Å². The minimum atomic E-state index is -0.327. The van der Waals surface area contributed by atoms with Crippen LogP contribution in [0, 0.1) is 18.3 Å². The number of terminal acetylenes is 1. The van der Waals surface area contributed by atoms with Crippen LogP contribution in [0.25, 0.3) is 0 Å². The van der Waals surface area contributed by atoms with E-state index in [2.05, 4.69) is 21.5 Å². The van der Waals surface area contributed by atoms with Gasteiger partial charge < -0.3 is 15.7 Å². The van der Waals surface area contributed by atoms with Crippen molar-refractivity contribution in [3.8, 4) is 12.3 Å². The molecule has 1 aliphatic carbocycles. The number of hydrogen-bond donors (Lipinski definition) is 3. The van der Waals surface area contributed by atoms with Gasteiger partial charge in [-0.2, -0.15) is 0 Å². The number of guanidine groups is 1. The molecular formula is C14H25N3O. The number of nitrogens with zero attached hydrogens (tertiary/aromatic N) is 1. The van der Waals surface area contributed by atoms with Crippen LogP contribution >= 0.6 is 0 Å². The standard InChI is InChI=1S/C14H25N3O/c1-3-10-16-14(15-4-2)17-11-13(18)12-8-6-5-7-9-12/h1,12-13,18H,4-11H2,2H3,(H2,15,16,17). The van der Waals surface area contributed by atoms with Crippen LogP contribution < -0.4 is 10.6 Å². The van der Waals surface area contributed by atoms with Crippen molar-refractivity contribution in [1.82, 2.24) is 10.6 Å². The maximum atomic E-state index is 10.1. The van der Waals surface area contributed by atoms with E-state index in [9.17, 15) is 5.11 Å². The van der Waals surface area contributed by atoms with Gasteiger partial charge in [0.1, 0.15) is 0 Å². The van der Waals surface area contributed by atoms with Gasteiger partial charge in [0.2, 0.25) is 0 Å². The zero-order chi connectivity index (χ0) is 13.2. The summed E-state index contributed by atoms with van der Waals surface area (Å²) in [6.07, 6.45) is 10.9. The van der Waals surface area contributed by atoms with E-state index in [0.29, 0.717) is 25.0 Å². The highest BCUT2D eigenvalue weighted by molar-refractivity contribution is 5.79. The third-order valence-electron chi connectivity index (χ3n) is 3.33. The van der Waals surface area contributed by atoms with Crippen LogP contribution in [0.3, 0.4) is 0 Å². The molecule has 1 aliphatic rings. The third-order valence-corrected chi connectivity index (χ3v) is 3.33. The van der Waals surface area contributed by atoms with Crippen LogP contribution in [0.15, 0.2) is 4.99 Å². The van der Waals surface area contributed by atoms with Crippen molar-refractivity contribution < 1.29 is 5.11 Å². The van der Waals surface area contributed by atoms with Gasteiger partial charge in [0.05, 0.1) is 19.2 Å². The Morgan fingerprint density at radius 3 is 2.72 bits per heavy atom. The first-order valence-electron chi connectivity index (χ1n) is 6.91. The maximum Gasteiger partial charge on any atom is 0.192 e. The molecule has 3 N–H and O–H groups in total. The van der Waals surface area contributed by atoms with Crippen molar-refractivity contribution in [3.05, 3.63) is 0 Å². The minimum absolute atomic E-state index is 0.327. The molecule has 0 aromatic heterocycles. The van der Waals surface area contributed by atoms with Gasteiger partial charge in [-0.3, -0.25) is 4.99 Å². The predicted octanol–water partition coefficient (Wildman–Crippen LogP) is 1.12. The van der Waals surface area contributed by atoms with Gasteiger partial charge in [-0.05, 0) is 25.7 Å². The van der Waals surface area contributed by atoms with Gasteiger partial charge in [0, 0.05) is 6.54 Å². The molecule has 1 fully saturated rings. The molecule has 4 heteroatoms. The van der Waals surface area contributed by atoms with E-state index >= 15 is 0 Å². The van der Waals surface area contributed by atoms with Crippen molar-refractivity contribution in [1.29, 1.82) is 0 Å². The van der Waals surface area contributed by atoms with Crippen LogP contribution in [0.2, 0.25) is 0 Å². The molecule has 0 aromatic rings. The predicted molar refractivity (Wildman–Crippen MR) is 75.4 cm³/mol. The topological polar surface area (TPSA) is 56.7 Å². The molecule has 0 spiro atoms. The summed E-state index contributed by atoms with van der Waals surface area (Å²) in [6.45, 7) is 3.69. The summed E-state index contributed by atoms with van der Waals surface area (Å²) < 4.78 is 0. The fourth-order valence-electron chi connectivity index (χ4n) is 2.33. The molecule has 0 radical (unpaired) electrons. The van der Waals surface area contributed by atoms with Crippen molar-refractivity contribution >= 4 is 5.96 Å². The summed E-state index contributed by atoms with van der Waals surface area (Å²) in [5, 5.41) is 16.2. The van der Waals surface area contributed by atoms with Gasteiger partial charge in [-0.15, -0.1) is 6.42 Å². The Morgan fingerprint density at radius 1 is 1.39 bits per heavy atom. The van der Waals surface area contributed by atoms with E-state index in [1.165, 1.54) is 19.3 Å². The highest BCUT2D eigenvalue weighted by Crippen LogP contribution is 2.26. The van der Waals surface area contributed by atoms with Crippen LogP contribution in [0.1, 0.15) is 39.0 Å². The normalized spacial score (nSPS) is 19.1. The first kappa shape index (κ1) is 14.8. The number of aliphatic hydroxyl groups is 1. The van der Waals surface area contributed by atoms with Gasteiger partial charge in [-0.25, -0.2) is 0 Å². The molecular weight excluding hydrogens is 226 g/mol. The average Bonchev–Trinajstić information content (AvgIpc) is 2.42. The number of hydrogen-bond acceptors (Lipinski definition) is 2. The van der Waals surface area contributed by atoms with E-state index in [1.807, 2.05) is 6.92 Å². The lowest BCUT2D eigenvalue weighted by molar-refractivity contribution is 0.0923. The Hall–Kier alpha value is -1.21. The minimum Gasteiger partial charge on any atom is -0.391 e. The van der Waals surface area contributed by atoms with Crippen molar-refractivity contribution in [2.45, 2.75) is 45.1 Å². The lowest BCUT2D eigenvalue weighted by atomic mass is 9.85. The maximum absolute atomic E-state index is 10.1. The first-order valence-corrected chi connectivity index (χ1v) is 6.91. The second-order valence-electron chi connectivity index (χ2n) is 4.74. The molecule has 1 rings (SSSR count). The lowest BCUT2D eigenvalue weighted by Crippen LogP contribution is -2.38. The second kappa shape index (κ2) is 8.82. The summed E-state index contributed by atoms with van der Waals surface area (Å²) in [4.78, 5) is 4.37. The number of nitrogens with one attached hydrogen (secondary N) is 2. The fraction of sp³-hybridized carbons (Fsp3) is 0.786. The molecule has 0 aromatic carbocycles. The van der Waals surface area contributed by atoms with Gasteiger partial charge >= 0.3 is 0 Å². The fourth-order valence-corrected chi connectivity index (χ4v) is 2.33. The van der Waals surface area contributed by atoms with E-state index in [-0.39, 0.29) is 6.10 Å². The number of aliphatic hydroxyl groups excluding tert-OH is 1. The lowest BCUT2D eigenvalue weighted by Gasteiger charge is -2.25. The highest BCUT2D eigenvalue weighted by atomic mass is 16.3. The van der Waals surface area contributed by atoms with Gasteiger partial charge in [-0.1, -0.05) is 25.2 Å². The summed E-state index contributed by atoms with van der Waals surface area (Å²) in [5.41, 5.74) is 0. The average molecular weight is 251 g/mol. The van der Waals surface area contributed by atoms with E-state index < -0.39 is 0 Å². The number of aliphatic imine (C=N–C) groups is 1. The Labute approximate surface area is 110 Å². The first-order chi connectivity index (χ1) is 8.77. The molecule has 0 bridgehead atoms. The molecule has 0 aliphatic heterocycles. The van der Waals surface area contributed by atoms with Crippen LogP contribution in [0.5, 0.6) is 0 Å². The molecule has 0 saturated heterocycles. The third kappa shape index (κ3) is 5.42. The molecule has 18 heavy (non-hydrogen) atoms. The van der Waals surface area contributed by atoms with Crippen LogP contribution in [-0.4, -0.2) is 36.8 Å². The zero-order valence-corrected chi connectivity index (χ0v) is 11.3. The molecule has 1 saturated carbocycles. The van der Waals surface area contributed by atoms with E-state index in [0.717, 1.165) is 19.4 Å². The van der Waals surface area contributed by atoms with Crippen LogP contribution in [0.4, 0.5) is 0 Å². The molecule has 1 atom stereocenters. The quantitative estimate of drug-likeness (QED) is 0.390. The Bertz CT molecular complexity index is 290. The Balaban J connectivity index is 2.39. The second-order valence-corrected chi connectivity index (χ2v) is 4.74. The largest absolute Gasteiger partial charge is 0.391 e. The van der Waals surface area contributed by atoms with Crippen molar-refractivity contribution in [2.75, 3.05) is 19.6 Å². The molecule has 0 amide bonds. The van der Waals surface area contributed by atoms with Gasteiger partial charge in [0.25, 0.3) is 0 Å². The molecule has 102 valence electrons. The zero-order valence-electron chi connectivity index (χ0n) is 11.3. The van der Waals surface area contributed by atoms with Gasteiger partial charge in [0.15, 0.2) is 5.96 Å². The summed E-state index contributed by atoms with van der Waals surface area (Å²) in [6, 6.07) is 0. The Kier molecular flexibility index (Phi) is 7.28. The Morgan fingerprint density at radius 2 is 2.11 bits per heavy atom. The summed E-state index contributed by atoms with van der Waals surface area (Å²) in [7, 11) is 0. The molecule has 0 heterocycles. The molecule has 1 unspecified atom stereocenters. The summed E-state index contributed by atoms with van der Waals surface area (Å²) >= 11 is 0.